The quantitative estimate of drug-likeness (QED) is 0.451. The van der Waals surface area contributed by atoms with Gasteiger partial charge in [-0.15, -0.1) is 0 Å². The molecule has 0 saturated heterocycles. The molecule has 0 heterocycles. The van der Waals surface area contributed by atoms with Crippen molar-refractivity contribution in [2.75, 3.05) is 6.61 Å². The van der Waals surface area contributed by atoms with E-state index < -0.39 is 22.4 Å². The highest BCUT2D eigenvalue weighted by atomic mass is 19.1. The lowest BCUT2D eigenvalue weighted by molar-refractivity contribution is -0.385. The molecule has 1 rings (SSSR count). The van der Waals surface area contributed by atoms with E-state index in [4.69, 9.17) is 0 Å². The lowest BCUT2D eigenvalue weighted by atomic mass is 10.1. The number of ether oxygens (including phenoxy) is 1. The molecular weight excluding hydrogens is 217 g/mol. The molecule has 0 N–H and O–H groups in total. The molecule has 0 amide bonds. The van der Waals surface area contributed by atoms with Gasteiger partial charge in [0, 0.05) is 6.07 Å². The van der Waals surface area contributed by atoms with Crippen molar-refractivity contribution < 1.29 is 18.8 Å². The number of carbonyl (C=O) groups is 1. The van der Waals surface area contributed by atoms with Gasteiger partial charge in [-0.25, -0.2) is 9.18 Å². The Balaban J connectivity index is 3.24. The predicted molar refractivity (Wildman–Crippen MR) is 53.7 cm³/mol. The van der Waals surface area contributed by atoms with E-state index in [1.165, 1.54) is 6.92 Å². The molecular formula is C10H10FNO4. The van der Waals surface area contributed by atoms with E-state index >= 15 is 0 Å². The van der Waals surface area contributed by atoms with Crippen LogP contribution in [0.3, 0.4) is 0 Å². The van der Waals surface area contributed by atoms with Crippen LogP contribution >= 0.6 is 0 Å². The molecule has 1 aromatic carbocycles. The largest absolute Gasteiger partial charge is 0.462 e. The fourth-order valence-corrected chi connectivity index (χ4v) is 1.19. The third-order valence-corrected chi connectivity index (χ3v) is 2.02. The fraction of sp³-hybridized carbons (Fsp3) is 0.300. The molecule has 0 aromatic heterocycles. The number of benzene rings is 1. The van der Waals surface area contributed by atoms with E-state index in [9.17, 15) is 19.3 Å². The molecule has 0 aliphatic carbocycles. The van der Waals surface area contributed by atoms with E-state index in [0.717, 1.165) is 12.1 Å². The van der Waals surface area contributed by atoms with Gasteiger partial charge >= 0.3 is 5.97 Å². The van der Waals surface area contributed by atoms with E-state index in [-0.39, 0.29) is 17.7 Å². The van der Waals surface area contributed by atoms with Crippen molar-refractivity contribution >= 4 is 11.7 Å². The number of nitro groups is 1. The van der Waals surface area contributed by atoms with Crippen molar-refractivity contribution in [3.63, 3.8) is 0 Å². The van der Waals surface area contributed by atoms with Crippen molar-refractivity contribution in [2.45, 2.75) is 13.8 Å². The number of hydrogen-bond donors (Lipinski definition) is 0. The van der Waals surface area contributed by atoms with Gasteiger partial charge in [0.1, 0.15) is 5.82 Å². The van der Waals surface area contributed by atoms with Crippen molar-refractivity contribution in [1.82, 2.24) is 0 Å². The van der Waals surface area contributed by atoms with Crippen LogP contribution < -0.4 is 0 Å². The normalized spacial score (nSPS) is 9.94. The summed E-state index contributed by atoms with van der Waals surface area (Å²) in [6.07, 6.45) is 0. The lowest BCUT2D eigenvalue weighted by Gasteiger charge is -2.04. The van der Waals surface area contributed by atoms with E-state index in [1.807, 2.05) is 0 Å². The zero-order valence-electron chi connectivity index (χ0n) is 8.82. The van der Waals surface area contributed by atoms with Gasteiger partial charge in [0.15, 0.2) is 0 Å². The zero-order valence-corrected chi connectivity index (χ0v) is 8.82. The minimum Gasteiger partial charge on any atom is -0.462 e. The van der Waals surface area contributed by atoms with Gasteiger partial charge in [-0.2, -0.15) is 0 Å². The van der Waals surface area contributed by atoms with Crippen LogP contribution in [0, 0.1) is 22.9 Å². The molecule has 0 aliphatic rings. The van der Waals surface area contributed by atoms with Gasteiger partial charge in [0.05, 0.1) is 22.7 Å². The Hall–Kier alpha value is -1.98. The maximum absolute atomic E-state index is 13.3. The van der Waals surface area contributed by atoms with Crippen LogP contribution in [0.2, 0.25) is 0 Å². The van der Waals surface area contributed by atoms with Crippen LogP contribution in [0.5, 0.6) is 0 Å². The van der Waals surface area contributed by atoms with Crippen LogP contribution in [0.1, 0.15) is 22.8 Å². The molecule has 0 aliphatic heterocycles. The van der Waals surface area contributed by atoms with Crippen molar-refractivity contribution in [1.29, 1.82) is 0 Å². The number of carbonyl (C=O) groups excluding carboxylic acids is 1. The number of halogens is 1. The van der Waals surface area contributed by atoms with Gasteiger partial charge in [0.25, 0.3) is 5.69 Å². The summed E-state index contributed by atoms with van der Waals surface area (Å²) < 4.78 is 17.9. The second kappa shape index (κ2) is 4.69. The smallest absolute Gasteiger partial charge is 0.338 e. The first kappa shape index (κ1) is 12.1. The Bertz CT molecular complexity index is 445. The average Bonchev–Trinajstić information content (AvgIpc) is 2.21. The highest BCUT2D eigenvalue weighted by molar-refractivity contribution is 5.90. The number of esters is 1. The Morgan fingerprint density at radius 3 is 2.69 bits per heavy atom. The Morgan fingerprint density at radius 2 is 2.19 bits per heavy atom. The molecule has 0 unspecified atom stereocenters. The molecule has 6 heteroatoms. The highest BCUT2D eigenvalue weighted by Gasteiger charge is 2.19. The molecule has 1 aromatic rings. The monoisotopic (exact) mass is 227 g/mol. The highest BCUT2D eigenvalue weighted by Crippen LogP contribution is 2.23. The summed E-state index contributed by atoms with van der Waals surface area (Å²) in [5.74, 6) is -1.57. The van der Waals surface area contributed by atoms with Crippen LogP contribution in [0.15, 0.2) is 12.1 Å². The van der Waals surface area contributed by atoms with E-state index in [1.54, 1.807) is 6.92 Å². The van der Waals surface area contributed by atoms with Crippen molar-refractivity contribution in [3.05, 3.63) is 39.2 Å². The standard InChI is InChI=1S/C10H10FNO4/c1-3-16-10(13)7-4-8(11)6(2)9(5-7)12(14)15/h4-5H,3H2,1-2H3. The number of nitrogens with zero attached hydrogens (tertiary/aromatic N) is 1. The van der Waals surface area contributed by atoms with Crippen LogP contribution in [-0.2, 0) is 4.74 Å². The lowest BCUT2D eigenvalue weighted by Crippen LogP contribution is -2.07. The molecule has 0 saturated carbocycles. The first-order valence-electron chi connectivity index (χ1n) is 4.59. The van der Waals surface area contributed by atoms with Gasteiger partial charge in [0.2, 0.25) is 0 Å². The molecule has 86 valence electrons. The van der Waals surface area contributed by atoms with Gasteiger partial charge in [-0.1, -0.05) is 0 Å². The summed E-state index contributed by atoms with van der Waals surface area (Å²) in [7, 11) is 0. The summed E-state index contributed by atoms with van der Waals surface area (Å²) in [5.41, 5.74) is -0.683. The summed E-state index contributed by atoms with van der Waals surface area (Å²) in [6.45, 7) is 3.00. The number of rotatable bonds is 3. The summed E-state index contributed by atoms with van der Waals surface area (Å²) >= 11 is 0. The van der Waals surface area contributed by atoms with Crippen LogP contribution in [0.25, 0.3) is 0 Å². The SMILES string of the molecule is CCOC(=O)c1cc(F)c(C)c([N+](=O)[O-])c1. The number of nitro benzene ring substituents is 1. The second-order valence-corrected chi connectivity index (χ2v) is 3.08. The predicted octanol–water partition coefficient (Wildman–Crippen LogP) is 2.22. The summed E-state index contributed by atoms with van der Waals surface area (Å²) in [4.78, 5) is 21.1. The summed E-state index contributed by atoms with van der Waals surface area (Å²) in [5, 5.41) is 10.6. The van der Waals surface area contributed by atoms with E-state index in [0.29, 0.717) is 0 Å². The molecule has 0 radical (unpaired) electrons. The molecule has 0 bridgehead atoms. The first-order chi connectivity index (χ1) is 7.47. The van der Waals surface area contributed by atoms with Gasteiger partial charge < -0.3 is 4.74 Å². The molecule has 0 atom stereocenters. The fourth-order valence-electron chi connectivity index (χ4n) is 1.19. The van der Waals surface area contributed by atoms with Crippen molar-refractivity contribution in [2.24, 2.45) is 0 Å². The first-order valence-corrected chi connectivity index (χ1v) is 4.59. The molecule has 5 nitrogen and oxygen atoms in total. The van der Waals surface area contributed by atoms with E-state index in [2.05, 4.69) is 4.74 Å². The topological polar surface area (TPSA) is 69.4 Å². The number of hydrogen-bond acceptors (Lipinski definition) is 4. The third-order valence-electron chi connectivity index (χ3n) is 2.02. The Kier molecular flexibility index (Phi) is 3.55. The minimum atomic E-state index is -0.794. The molecule has 0 spiro atoms. The second-order valence-electron chi connectivity index (χ2n) is 3.08. The van der Waals surface area contributed by atoms with Crippen LogP contribution in [0.4, 0.5) is 10.1 Å². The van der Waals surface area contributed by atoms with Gasteiger partial charge in [-0.05, 0) is 19.9 Å². The maximum atomic E-state index is 13.3. The van der Waals surface area contributed by atoms with Crippen molar-refractivity contribution in [3.8, 4) is 0 Å². The zero-order chi connectivity index (χ0) is 12.3. The Morgan fingerprint density at radius 1 is 1.56 bits per heavy atom. The van der Waals surface area contributed by atoms with Crippen LogP contribution in [-0.4, -0.2) is 17.5 Å². The molecule has 0 fully saturated rings. The summed E-state index contributed by atoms with van der Waals surface area (Å²) in [6, 6.07) is 1.94. The maximum Gasteiger partial charge on any atom is 0.338 e. The molecule has 16 heavy (non-hydrogen) atoms. The minimum absolute atomic E-state index is 0.0990. The van der Waals surface area contributed by atoms with Gasteiger partial charge in [-0.3, -0.25) is 10.1 Å². The Labute approximate surface area is 91.0 Å². The third kappa shape index (κ3) is 2.33. The average molecular weight is 227 g/mol.